The van der Waals surface area contributed by atoms with Crippen molar-refractivity contribution in [2.45, 2.75) is 38.0 Å². The van der Waals surface area contributed by atoms with E-state index in [9.17, 15) is 9.59 Å². The van der Waals surface area contributed by atoms with Gasteiger partial charge in [0.25, 0.3) is 5.56 Å². The number of anilines is 1. The lowest BCUT2D eigenvalue weighted by molar-refractivity contribution is -0.133. The Labute approximate surface area is 218 Å². The van der Waals surface area contributed by atoms with Gasteiger partial charge in [0, 0.05) is 5.56 Å². The number of benzene rings is 3. The van der Waals surface area contributed by atoms with E-state index in [1.165, 1.54) is 44.0 Å². The molecular formula is C28H30BrN3O4. The molecule has 0 aliphatic heterocycles. The number of para-hydroxylation sites is 3. The number of aromatic nitrogens is 2. The number of alkyl halides is 1. The number of nitrogens with zero attached hydrogens (tertiary/aromatic N) is 1. The number of aromatic amines is 1. The molecule has 1 heterocycles. The molecule has 0 radical (unpaired) electrons. The Morgan fingerprint density at radius 3 is 2.31 bits per heavy atom. The van der Waals surface area contributed by atoms with E-state index < -0.39 is 5.97 Å². The third-order valence-electron chi connectivity index (χ3n) is 5.68. The van der Waals surface area contributed by atoms with E-state index in [-0.39, 0.29) is 10.9 Å². The number of aliphatic carboxylic acids is 1. The van der Waals surface area contributed by atoms with Gasteiger partial charge in [-0.05, 0) is 49.1 Å². The number of rotatable bonds is 5. The molecule has 0 saturated heterocycles. The van der Waals surface area contributed by atoms with Crippen LogP contribution < -0.4 is 15.9 Å². The number of nitrogens with one attached hydrogen (secondary N) is 2. The van der Waals surface area contributed by atoms with Crippen molar-refractivity contribution in [2.75, 3.05) is 10.8 Å². The van der Waals surface area contributed by atoms with Crippen LogP contribution >= 0.6 is 15.9 Å². The van der Waals surface area contributed by atoms with Gasteiger partial charge in [-0.25, -0.2) is 10.5 Å². The van der Waals surface area contributed by atoms with Gasteiger partial charge in [0.1, 0.15) is 5.33 Å². The SMILES string of the molecule is O=C(O)CBr.O=c1[nH]cnc2ccccc12.c1ccc(NOc2ccccc2C2CCCCC2)cc1. The van der Waals surface area contributed by atoms with Crippen LogP contribution in [0, 0.1) is 0 Å². The molecule has 7 nitrogen and oxygen atoms in total. The maximum atomic E-state index is 11.1. The summed E-state index contributed by atoms with van der Waals surface area (Å²) in [5, 5.41) is 8.34. The Morgan fingerprint density at radius 2 is 1.61 bits per heavy atom. The summed E-state index contributed by atoms with van der Waals surface area (Å²) in [6.45, 7) is 0. The van der Waals surface area contributed by atoms with Crippen molar-refractivity contribution in [1.29, 1.82) is 0 Å². The lowest BCUT2D eigenvalue weighted by Gasteiger charge is -2.24. The number of fused-ring (bicyclic) bond motifs is 1. The summed E-state index contributed by atoms with van der Waals surface area (Å²) in [4.78, 5) is 32.7. The Balaban J connectivity index is 0.000000188. The monoisotopic (exact) mass is 551 g/mol. The van der Waals surface area contributed by atoms with Gasteiger partial charge in [0.15, 0.2) is 5.75 Å². The number of halogens is 1. The van der Waals surface area contributed by atoms with Crippen molar-refractivity contribution in [2.24, 2.45) is 0 Å². The van der Waals surface area contributed by atoms with Crippen molar-refractivity contribution >= 4 is 38.5 Å². The first-order chi connectivity index (χ1) is 17.6. The maximum Gasteiger partial charge on any atom is 0.314 e. The van der Waals surface area contributed by atoms with Gasteiger partial charge in [0.2, 0.25) is 0 Å². The van der Waals surface area contributed by atoms with Crippen LogP contribution in [0.2, 0.25) is 0 Å². The molecule has 1 aromatic heterocycles. The highest BCUT2D eigenvalue weighted by atomic mass is 79.9. The molecule has 0 unspecified atom stereocenters. The molecule has 8 heteroatoms. The highest BCUT2D eigenvalue weighted by Crippen LogP contribution is 2.37. The summed E-state index contributed by atoms with van der Waals surface area (Å²) >= 11 is 2.71. The molecule has 0 amide bonds. The highest BCUT2D eigenvalue weighted by molar-refractivity contribution is 9.09. The summed E-state index contributed by atoms with van der Waals surface area (Å²) in [5.74, 6) is 0.783. The summed E-state index contributed by atoms with van der Waals surface area (Å²) in [6, 6.07) is 25.6. The van der Waals surface area contributed by atoms with Crippen LogP contribution in [0.3, 0.4) is 0 Å². The van der Waals surface area contributed by atoms with Gasteiger partial charge >= 0.3 is 5.97 Å². The molecule has 3 N–H and O–H groups in total. The molecule has 1 aliphatic carbocycles. The minimum absolute atomic E-state index is 0.0347. The Hall–Kier alpha value is -3.65. The average Bonchev–Trinajstić information content (AvgIpc) is 2.94. The van der Waals surface area contributed by atoms with E-state index in [0.29, 0.717) is 11.3 Å². The molecule has 36 heavy (non-hydrogen) atoms. The van der Waals surface area contributed by atoms with Gasteiger partial charge in [-0.1, -0.05) is 83.7 Å². The molecule has 1 fully saturated rings. The zero-order valence-electron chi connectivity index (χ0n) is 19.9. The number of carboxylic acid groups (broad SMARTS) is 1. The predicted octanol–water partition coefficient (Wildman–Crippen LogP) is 6.53. The lowest BCUT2D eigenvalue weighted by Crippen LogP contribution is -2.10. The number of hydrogen-bond acceptors (Lipinski definition) is 5. The number of H-pyrrole nitrogens is 1. The highest BCUT2D eigenvalue weighted by Gasteiger charge is 2.19. The maximum absolute atomic E-state index is 11.1. The van der Waals surface area contributed by atoms with Crippen LogP contribution in [0.5, 0.6) is 5.75 Å². The van der Waals surface area contributed by atoms with Gasteiger partial charge in [0.05, 0.1) is 22.9 Å². The van der Waals surface area contributed by atoms with E-state index >= 15 is 0 Å². The smallest absolute Gasteiger partial charge is 0.314 e. The fraction of sp³-hybridized carbons (Fsp3) is 0.250. The summed E-state index contributed by atoms with van der Waals surface area (Å²) < 4.78 is 0. The van der Waals surface area contributed by atoms with Gasteiger partial charge in [-0.15, -0.1) is 0 Å². The Morgan fingerprint density at radius 1 is 0.972 bits per heavy atom. The summed E-state index contributed by atoms with van der Waals surface area (Å²) in [7, 11) is 0. The van der Waals surface area contributed by atoms with Gasteiger partial charge < -0.3 is 14.9 Å². The van der Waals surface area contributed by atoms with Crippen molar-refractivity contribution in [3.8, 4) is 5.75 Å². The van der Waals surface area contributed by atoms with Crippen LogP contribution in [0.25, 0.3) is 10.9 Å². The number of hydrogen-bond donors (Lipinski definition) is 3. The fourth-order valence-electron chi connectivity index (χ4n) is 3.96. The largest absolute Gasteiger partial charge is 0.481 e. The first kappa shape index (κ1) is 26.9. The topological polar surface area (TPSA) is 104 Å². The molecule has 5 rings (SSSR count). The minimum Gasteiger partial charge on any atom is -0.481 e. The first-order valence-electron chi connectivity index (χ1n) is 11.9. The van der Waals surface area contributed by atoms with Crippen LogP contribution in [0.4, 0.5) is 5.69 Å². The number of carboxylic acids is 1. The van der Waals surface area contributed by atoms with Crippen molar-refractivity contribution in [3.63, 3.8) is 0 Å². The summed E-state index contributed by atoms with van der Waals surface area (Å²) in [5.41, 5.74) is 6.01. The normalized spacial score (nSPS) is 12.9. The lowest BCUT2D eigenvalue weighted by atomic mass is 9.84. The molecule has 3 aromatic carbocycles. The van der Waals surface area contributed by atoms with Crippen molar-refractivity contribution in [3.05, 3.63) is 101 Å². The molecule has 0 spiro atoms. The first-order valence-corrected chi connectivity index (χ1v) is 13.0. The molecule has 1 saturated carbocycles. The predicted molar refractivity (Wildman–Crippen MR) is 147 cm³/mol. The van der Waals surface area contributed by atoms with Crippen molar-refractivity contribution in [1.82, 2.24) is 9.97 Å². The molecule has 0 bridgehead atoms. The second-order valence-corrected chi connectivity index (χ2v) is 8.78. The fourth-order valence-corrected chi connectivity index (χ4v) is 3.96. The van der Waals surface area contributed by atoms with E-state index in [4.69, 9.17) is 9.94 Å². The zero-order valence-corrected chi connectivity index (χ0v) is 21.5. The molecular weight excluding hydrogens is 522 g/mol. The van der Waals surface area contributed by atoms with Crippen LogP contribution in [0.15, 0.2) is 90.0 Å². The van der Waals surface area contributed by atoms with E-state index in [1.54, 1.807) is 6.07 Å². The van der Waals surface area contributed by atoms with E-state index in [1.807, 2.05) is 54.6 Å². The average molecular weight is 552 g/mol. The van der Waals surface area contributed by atoms with Gasteiger partial charge in [-0.3, -0.25) is 9.59 Å². The second kappa shape index (κ2) is 14.7. The molecule has 4 aromatic rings. The van der Waals surface area contributed by atoms with Crippen molar-refractivity contribution < 1.29 is 14.7 Å². The molecule has 188 valence electrons. The van der Waals surface area contributed by atoms with E-state index in [0.717, 1.165) is 17.0 Å². The van der Waals surface area contributed by atoms with Gasteiger partial charge in [-0.2, -0.15) is 0 Å². The third kappa shape index (κ3) is 8.53. The molecule has 1 aliphatic rings. The Bertz CT molecular complexity index is 1270. The van der Waals surface area contributed by atoms with Crippen LogP contribution in [0.1, 0.15) is 43.6 Å². The van der Waals surface area contributed by atoms with Crippen LogP contribution in [-0.2, 0) is 4.79 Å². The summed E-state index contributed by atoms with van der Waals surface area (Å²) in [6.07, 6.45) is 8.03. The Kier molecular flexibility index (Phi) is 11.0. The molecule has 0 atom stereocenters. The van der Waals surface area contributed by atoms with E-state index in [2.05, 4.69) is 49.6 Å². The standard InChI is InChI=1S/C18H21NO.C8H6N2O.C2H3BrO2/c1-3-9-15(10-4-1)17-13-7-8-14-18(17)20-19-16-11-5-2-6-12-16;11-8-6-3-1-2-4-7(6)9-5-10-8;3-1-2(4)5/h2,5-8,11-15,19H,1,3-4,9-10H2;1-5H,(H,9,10,11);1H2,(H,4,5). The second-order valence-electron chi connectivity index (χ2n) is 8.22. The zero-order chi connectivity index (χ0) is 25.6. The third-order valence-corrected chi connectivity index (χ3v) is 6.16. The minimum atomic E-state index is -0.829. The quantitative estimate of drug-likeness (QED) is 0.192. The van der Waals surface area contributed by atoms with Crippen LogP contribution in [-0.4, -0.2) is 26.4 Å². The number of carbonyl (C=O) groups is 1.